The highest BCUT2D eigenvalue weighted by molar-refractivity contribution is 4.63. The molecule has 0 aromatic carbocycles. The van der Waals surface area contributed by atoms with E-state index in [-0.39, 0.29) is 6.61 Å². The average Bonchev–Trinajstić information content (AvgIpc) is 2.34. The lowest BCUT2D eigenvalue weighted by Gasteiger charge is -2.22. The molecule has 0 aromatic heterocycles. The zero-order chi connectivity index (χ0) is 12.2. The summed E-state index contributed by atoms with van der Waals surface area (Å²) in [6.45, 7) is 9.53. The number of rotatable bonds is 2. The Hall–Kier alpha value is -0.200. The molecule has 0 spiro atoms. The van der Waals surface area contributed by atoms with Gasteiger partial charge < -0.3 is 21.1 Å². The molecule has 0 aliphatic carbocycles. The minimum Gasteiger partial charge on any atom is -0.395 e. The third-order valence-electron chi connectivity index (χ3n) is 3.03. The summed E-state index contributed by atoms with van der Waals surface area (Å²) in [7, 11) is 0. The van der Waals surface area contributed by atoms with Crippen molar-refractivity contribution in [3.05, 3.63) is 0 Å². The van der Waals surface area contributed by atoms with Crippen molar-refractivity contribution in [2.45, 2.75) is 12.8 Å². The lowest BCUT2D eigenvalue weighted by Crippen LogP contribution is -2.38. The minimum atomic E-state index is 0.261. The van der Waals surface area contributed by atoms with E-state index in [1.54, 1.807) is 0 Å². The first-order valence-corrected chi connectivity index (χ1v) is 6.89. The second-order valence-corrected chi connectivity index (χ2v) is 4.52. The number of aliphatic hydroxyl groups excluding tert-OH is 1. The second-order valence-electron chi connectivity index (χ2n) is 4.52. The van der Waals surface area contributed by atoms with Gasteiger partial charge in [-0.25, -0.2) is 0 Å². The van der Waals surface area contributed by atoms with Gasteiger partial charge in [0.1, 0.15) is 0 Å². The van der Waals surface area contributed by atoms with Crippen LogP contribution in [0.5, 0.6) is 0 Å². The van der Waals surface area contributed by atoms with Gasteiger partial charge in [0.25, 0.3) is 0 Å². The van der Waals surface area contributed by atoms with Crippen molar-refractivity contribution in [1.29, 1.82) is 0 Å². The topological polar surface area (TPSA) is 59.6 Å². The van der Waals surface area contributed by atoms with Gasteiger partial charge in [0.2, 0.25) is 0 Å². The molecule has 1 aliphatic heterocycles. The molecule has 0 saturated carbocycles. The van der Waals surface area contributed by atoms with Gasteiger partial charge in [-0.1, -0.05) is 0 Å². The summed E-state index contributed by atoms with van der Waals surface area (Å²) in [4.78, 5) is 2.33. The molecule has 1 aliphatic rings. The fraction of sp³-hybridized carbons (Fsp3) is 1.00. The van der Waals surface area contributed by atoms with Crippen molar-refractivity contribution in [3.8, 4) is 0 Å². The molecular weight excluding hydrogens is 216 g/mol. The van der Waals surface area contributed by atoms with Gasteiger partial charge in [-0.15, -0.1) is 0 Å². The molecule has 0 atom stereocenters. The van der Waals surface area contributed by atoms with Crippen LogP contribution in [0.25, 0.3) is 0 Å². The summed E-state index contributed by atoms with van der Waals surface area (Å²) in [6.07, 6.45) is 2.33. The smallest absolute Gasteiger partial charge is 0.0558 e. The zero-order valence-electron chi connectivity index (χ0n) is 10.9. The third kappa shape index (κ3) is 8.51. The van der Waals surface area contributed by atoms with Gasteiger partial charge in [0, 0.05) is 32.7 Å². The quantitative estimate of drug-likeness (QED) is 0.494. The first-order chi connectivity index (χ1) is 8.43. The Kier molecular flexibility index (Phi) is 9.55. The molecule has 0 radical (unpaired) electrons. The Morgan fingerprint density at radius 2 is 1.41 bits per heavy atom. The largest absolute Gasteiger partial charge is 0.395 e. The van der Waals surface area contributed by atoms with Crippen molar-refractivity contribution in [2.24, 2.45) is 0 Å². The molecule has 4 N–H and O–H groups in total. The molecule has 0 bridgehead atoms. The maximum atomic E-state index is 9.00. The fourth-order valence-electron chi connectivity index (χ4n) is 2.03. The van der Waals surface area contributed by atoms with E-state index >= 15 is 0 Å². The highest BCUT2D eigenvalue weighted by Gasteiger charge is 2.03. The molecule has 1 fully saturated rings. The van der Waals surface area contributed by atoms with E-state index in [9.17, 15) is 0 Å². The predicted molar refractivity (Wildman–Crippen MR) is 71.4 cm³/mol. The highest BCUT2D eigenvalue weighted by Crippen LogP contribution is 1.90. The van der Waals surface area contributed by atoms with Crippen LogP contribution in [0.4, 0.5) is 0 Å². The van der Waals surface area contributed by atoms with Crippen LogP contribution in [0.1, 0.15) is 12.8 Å². The van der Waals surface area contributed by atoms with Gasteiger partial charge in [-0.05, 0) is 39.0 Å². The maximum absolute atomic E-state index is 9.00. The first-order valence-electron chi connectivity index (χ1n) is 6.89. The van der Waals surface area contributed by atoms with E-state index < -0.39 is 0 Å². The highest BCUT2D eigenvalue weighted by atomic mass is 16.3. The Balaban J connectivity index is 2.19. The van der Waals surface area contributed by atoms with Gasteiger partial charge >= 0.3 is 0 Å². The molecule has 5 nitrogen and oxygen atoms in total. The zero-order valence-corrected chi connectivity index (χ0v) is 10.9. The van der Waals surface area contributed by atoms with Gasteiger partial charge in [0.05, 0.1) is 6.61 Å². The van der Waals surface area contributed by atoms with Crippen LogP contribution >= 0.6 is 0 Å². The molecule has 0 amide bonds. The number of hydrogen-bond acceptors (Lipinski definition) is 5. The molecule has 0 aromatic rings. The van der Waals surface area contributed by atoms with Gasteiger partial charge in [-0.3, -0.25) is 4.90 Å². The van der Waals surface area contributed by atoms with Crippen LogP contribution in [-0.4, -0.2) is 75.5 Å². The number of nitrogens with zero attached hydrogens (tertiary/aromatic N) is 1. The van der Waals surface area contributed by atoms with E-state index in [0.29, 0.717) is 0 Å². The number of hydrogen-bond donors (Lipinski definition) is 4. The summed E-state index contributed by atoms with van der Waals surface area (Å²) >= 11 is 0. The summed E-state index contributed by atoms with van der Waals surface area (Å²) < 4.78 is 0. The molecular formula is C12H28N4O. The second kappa shape index (κ2) is 10.9. The van der Waals surface area contributed by atoms with E-state index in [1.807, 2.05) is 0 Å². The minimum absolute atomic E-state index is 0.261. The normalized spacial score (nSPS) is 23.1. The Morgan fingerprint density at radius 3 is 2.12 bits per heavy atom. The molecule has 102 valence electrons. The average molecular weight is 244 g/mol. The van der Waals surface area contributed by atoms with Crippen LogP contribution in [0.3, 0.4) is 0 Å². The monoisotopic (exact) mass is 244 g/mol. The summed E-state index contributed by atoms with van der Waals surface area (Å²) in [5.74, 6) is 0. The summed E-state index contributed by atoms with van der Waals surface area (Å²) in [5.41, 5.74) is 0. The Morgan fingerprint density at radius 1 is 0.765 bits per heavy atom. The van der Waals surface area contributed by atoms with Crippen molar-refractivity contribution in [2.75, 3.05) is 65.5 Å². The van der Waals surface area contributed by atoms with E-state index in [0.717, 1.165) is 65.3 Å². The molecule has 1 saturated heterocycles. The Labute approximate surface area is 105 Å². The van der Waals surface area contributed by atoms with Crippen molar-refractivity contribution < 1.29 is 5.11 Å². The maximum Gasteiger partial charge on any atom is 0.0558 e. The summed E-state index contributed by atoms with van der Waals surface area (Å²) in [6, 6.07) is 0. The van der Waals surface area contributed by atoms with Crippen LogP contribution in [-0.2, 0) is 0 Å². The molecule has 1 rings (SSSR count). The lowest BCUT2D eigenvalue weighted by atomic mass is 10.3. The van der Waals surface area contributed by atoms with Gasteiger partial charge in [-0.2, -0.15) is 0 Å². The third-order valence-corrected chi connectivity index (χ3v) is 3.03. The van der Waals surface area contributed by atoms with Crippen LogP contribution in [0.15, 0.2) is 0 Å². The van der Waals surface area contributed by atoms with E-state index in [4.69, 9.17) is 5.11 Å². The number of aliphatic hydroxyl groups is 1. The van der Waals surface area contributed by atoms with E-state index in [2.05, 4.69) is 20.9 Å². The van der Waals surface area contributed by atoms with E-state index in [1.165, 1.54) is 6.42 Å². The molecule has 17 heavy (non-hydrogen) atoms. The van der Waals surface area contributed by atoms with Crippen molar-refractivity contribution >= 4 is 0 Å². The lowest BCUT2D eigenvalue weighted by molar-refractivity contribution is 0.194. The molecule has 0 unspecified atom stereocenters. The SMILES string of the molecule is OCCN1CCCNCCNCCCNCC1. The van der Waals surface area contributed by atoms with Gasteiger partial charge in [0.15, 0.2) is 0 Å². The fourth-order valence-corrected chi connectivity index (χ4v) is 2.03. The van der Waals surface area contributed by atoms with Crippen LogP contribution in [0.2, 0.25) is 0 Å². The first kappa shape index (κ1) is 14.9. The summed E-state index contributed by atoms with van der Waals surface area (Å²) in [5, 5.41) is 19.3. The predicted octanol–water partition coefficient (Wildman–Crippen LogP) is -1.16. The number of nitrogens with one attached hydrogen (secondary N) is 3. The Bertz CT molecular complexity index is 155. The number of β-amino-alcohol motifs (C(OH)–C–C–N with tert-alkyl or cyclic N) is 1. The van der Waals surface area contributed by atoms with Crippen molar-refractivity contribution in [3.63, 3.8) is 0 Å². The standard InChI is InChI=1S/C12H28N4O/c17-12-11-16-9-2-5-14-7-6-13-3-1-4-15-8-10-16/h13-15,17H,1-12H2. The van der Waals surface area contributed by atoms with Crippen LogP contribution in [0, 0.1) is 0 Å². The molecule has 1 heterocycles. The van der Waals surface area contributed by atoms with Crippen molar-refractivity contribution in [1.82, 2.24) is 20.9 Å². The van der Waals surface area contributed by atoms with Crippen LogP contribution < -0.4 is 16.0 Å². The molecule has 5 heteroatoms.